The van der Waals surface area contributed by atoms with Gasteiger partial charge in [0.2, 0.25) is 0 Å². The molecule has 5 nitrogen and oxygen atoms in total. The van der Waals surface area contributed by atoms with Crippen molar-refractivity contribution < 1.29 is 19.3 Å². The number of hydrogen-bond donors (Lipinski definition) is 2. The third-order valence-corrected chi connectivity index (χ3v) is 4.06. The van der Waals surface area contributed by atoms with Crippen molar-refractivity contribution in [2.45, 2.75) is 39.2 Å². The second-order valence-corrected chi connectivity index (χ2v) is 7.22. The van der Waals surface area contributed by atoms with Gasteiger partial charge in [0, 0.05) is 0 Å². The van der Waals surface area contributed by atoms with Gasteiger partial charge in [0.05, 0.1) is 12.8 Å². The van der Waals surface area contributed by atoms with E-state index in [1.54, 1.807) is 6.26 Å². The number of ether oxygens (including phenoxy) is 1. The number of carbonyl (C=O) groups excluding carboxylic acids is 1. The van der Waals surface area contributed by atoms with E-state index in [-0.39, 0.29) is 17.4 Å². The first-order valence-electron chi connectivity index (χ1n) is 8.73. The van der Waals surface area contributed by atoms with E-state index in [9.17, 15) is 4.79 Å². The number of rotatable bonds is 8. The second kappa shape index (κ2) is 8.72. The van der Waals surface area contributed by atoms with E-state index in [4.69, 9.17) is 9.15 Å². The van der Waals surface area contributed by atoms with Crippen LogP contribution < -0.4 is 15.4 Å². The van der Waals surface area contributed by atoms with Gasteiger partial charge in [0.15, 0.2) is 12.3 Å². The van der Waals surface area contributed by atoms with E-state index in [0.717, 1.165) is 11.5 Å². The van der Waals surface area contributed by atoms with Crippen molar-refractivity contribution in [3.05, 3.63) is 54.0 Å². The van der Waals surface area contributed by atoms with Crippen molar-refractivity contribution in [3.63, 3.8) is 0 Å². The molecular formula is C20H29N2O3+. The van der Waals surface area contributed by atoms with Crippen LogP contribution in [0.15, 0.2) is 47.1 Å². The zero-order chi connectivity index (χ0) is 18.3. The summed E-state index contributed by atoms with van der Waals surface area (Å²) in [4.78, 5) is 11.9. The maximum atomic E-state index is 11.9. The maximum Gasteiger partial charge on any atom is 0.275 e. The molecule has 0 fully saturated rings. The van der Waals surface area contributed by atoms with Crippen molar-refractivity contribution in [1.82, 2.24) is 5.32 Å². The van der Waals surface area contributed by atoms with Gasteiger partial charge in [-0.2, -0.15) is 0 Å². The highest BCUT2D eigenvalue weighted by Gasteiger charge is 2.14. The summed E-state index contributed by atoms with van der Waals surface area (Å²) in [7, 11) is 0. The Morgan fingerprint density at radius 3 is 2.56 bits per heavy atom. The third kappa shape index (κ3) is 6.27. The van der Waals surface area contributed by atoms with E-state index in [1.165, 1.54) is 5.56 Å². The molecule has 0 unspecified atom stereocenters. The Labute approximate surface area is 149 Å². The predicted molar refractivity (Wildman–Crippen MR) is 97.6 cm³/mol. The molecule has 25 heavy (non-hydrogen) atoms. The molecule has 0 aliphatic carbocycles. The number of carbonyl (C=O) groups is 1. The number of furan rings is 1. The number of hydrogen-bond acceptors (Lipinski definition) is 3. The SMILES string of the molecule is C[C@@H]([NH2+]CC(=O)NCCOc1ccc(C(C)(C)C)cc1)c1ccco1. The monoisotopic (exact) mass is 345 g/mol. The summed E-state index contributed by atoms with van der Waals surface area (Å²) in [5.74, 6) is 1.68. The van der Waals surface area contributed by atoms with Gasteiger partial charge in [-0.1, -0.05) is 32.9 Å². The quantitative estimate of drug-likeness (QED) is 0.722. The average Bonchev–Trinajstić information content (AvgIpc) is 3.11. The highest BCUT2D eigenvalue weighted by Crippen LogP contribution is 2.24. The number of quaternary nitrogens is 1. The van der Waals surface area contributed by atoms with Crippen LogP contribution in [0.4, 0.5) is 0 Å². The fraction of sp³-hybridized carbons (Fsp3) is 0.450. The highest BCUT2D eigenvalue weighted by molar-refractivity contribution is 5.76. The van der Waals surface area contributed by atoms with Crippen LogP contribution in [0.3, 0.4) is 0 Å². The molecule has 0 spiro atoms. The van der Waals surface area contributed by atoms with Crippen LogP contribution >= 0.6 is 0 Å². The largest absolute Gasteiger partial charge is 0.492 e. The zero-order valence-electron chi connectivity index (χ0n) is 15.5. The van der Waals surface area contributed by atoms with Gasteiger partial charge >= 0.3 is 0 Å². The Kier molecular flexibility index (Phi) is 6.65. The van der Waals surface area contributed by atoms with Crippen LogP contribution in [-0.2, 0) is 10.2 Å². The van der Waals surface area contributed by atoms with E-state index < -0.39 is 0 Å². The van der Waals surface area contributed by atoms with Crippen molar-refractivity contribution >= 4 is 5.91 Å². The summed E-state index contributed by atoms with van der Waals surface area (Å²) in [6.07, 6.45) is 1.64. The molecule has 0 aliphatic rings. The zero-order valence-corrected chi connectivity index (χ0v) is 15.5. The second-order valence-electron chi connectivity index (χ2n) is 7.22. The van der Waals surface area contributed by atoms with Crippen LogP contribution in [0.5, 0.6) is 5.75 Å². The summed E-state index contributed by atoms with van der Waals surface area (Å²) in [5.41, 5.74) is 1.41. The van der Waals surface area contributed by atoms with Gasteiger partial charge in [-0.05, 0) is 42.2 Å². The van der Waals surface area contributed by atoms with Crippen LogP contribution in [0, 0.1) is 0 Å². The molecule has 0 saturated carbocycles. The Morgan fingerprint density at radius 1 is 1.24 bits per heavy atom. The van der Waals surface area contributed by atoms with Crippen molar-refractivity contribution in [2.24, 2.45) is 0 Å². The molecule has 3 N–H and O–H groups in total. The molecule has 2 aromatic rings. The molecule has 1 amide bonds. The molecule has 2 rings (SSSR count). The Bertz CT molecular complexity index is 643. The molecule has 1 atom stereocenters. The number of nitrogens with two attached hydrogens (primary N) is 1. The van der Waals surface area contributed by atoms with Gasteiger partial charge in [-0.15, -0.1) is 0 Å². The topological polar surface area (TPSA) is 68.1 Å². The van der Waals surface area contributed by atoms with Crippen molar-refractivity contribution in [1.29, 1.82) is 0 Å². The third-order valence-electron chi connectivity index (χ3n) is 4.06. The van der Waals surface area contributed by atoms with Gasteiger partial charge in [0.25, 0.3) is 5.91 Å². The molecule has 0 aliphatic heterocycles. The van der Waals surface area contributed by atoms with Crippen molar-refractivity contribution in [3.8, 4) is 5.75 Å². The molecule has 0 radical (unpaired) electrons. The summed E-state index contributed by atoms with van der Waals surface area (Å²) in [6.45, 7) is 9.86. The highest BCUT2D eigenvalue weighted by atomic mass is 16.5. The van der Waals surface area contributed by atoms with Crippen LogP contribution in [0.25, 0.3) is 0 Å². The first-order valence-corrected chi connectivity index (χ1v) is 8.73. The molecule has 5 heteroatoms. The Morgan fingerprint density at radius 2 is 1.96 bits per heavy atom. The predicted octanol–water partition coefficient (Wildman–Crippen LogP) is 2.40. The lowest BCUT2D eigenvalue weighted by atomic mass is 9.87. The molecule has 1 heterocycles. The lowest BCUT2D eigenvalue weighted by molar-refractivity contribution is -0.684. The number of nitrogens with one attached hydrogen (secondary N) is 1. The lowest BCUT2D eigenvalue weighted by Gasteiger charge is -2.19. The molecule has 136 valence electrons. The minimum absolute atomic E-state index is 0.00918. The van der Waals surface area contributed by atoms with E-state index in [0.29, 0.717) is 19.7 Å². The van der Waals surface area contributed by atoms with Crippen LogP contribution in [-0.4, -0.2) is 25.6 Å². The summed E-state index contributed by atoms with van der Waals surface area (Å²) in [6, 6.07) is 12.0. The molecule has 1 aromatic carbocycles. The maximum absolute atomic E-state index is 11.9. The van der Waals surface area contributed by atoms with Gasteiger partial charge in [-0.3, -0.25) is 4.79 Å². The van der Waals surface area contributed by atoms with Crippen LogP contribution in [0.1, 0.15) is 45.1 Å². The van der Waals surface area contributed by atoms with E-state index in [2.05, 4.69) is 38.2 Å². The van der Waals surface area contributed by atoms with Gasteiger partial charge in [0.1, 0.15) is 18.4 Å². The molecule has 0 bridgehead atoms. The molecular weight excluding hydrogens is 316 g/mol. The number of benzene rings is 1. The van der Waals surface area contributed by atoms with E-state index >= 15 is 0 Å². The summed E-state index contributed by atoms with van der Waals surface area (Å²) >= 11 is 0. The fourth-order valence-corrected chi connectivity index (χ4v) is 2.43. The minimum Gasteiger partial charge on any atom is -0.492 e. The Balaban J connectivity index is 1.63. The molecule has 1 aromatic heterocycles. The van der Waals surface area contributed by atoms with Gasteiger partial charge < -0.3 is 19.8 Å². The number of amides is 1. The lowest BCUT2D eigenvalue weighted by Crippen LogP contribution is -2.87. The first-order chi connectivity index (χ1) is 11.9. The minimum atomic E-state index is -0.00918. The Hall–Kier alpha value is -2.27. The average molecular weight is 345 g/mol. The summed E-state index contributed by atoms with van der Waals surface area (Å²) < 4.78 is 11.0. The summed E-state index contributed by atoms with van der Waals surface area (Å²) in [5, 5.41) is 4.81. The van der Waals surface area contributed by atoms with Gasteiger partial charge in [-0.25, -0.2) is 0 Å². The van der Waals surface area contributed by atoms with Crippen LogP contribution in [0.2, 0.25) is 0 Å². The molecule has 0 saturated heterocycles. The first kappa shape index (κ1) is 19.1. The van der Waals surface area contributed by atoms with E-state index in [1.807, 2.05) is 36.5 Å². The van der Waals surface area contributed by atoms with Crippen molar-refractivity contribution in [2.75, 3.05) is 19.7 Å². The standard InChI is InChI=1S/C20H28N2O3/c1-15(18-6-5-12-25-18)22-14-19(23)21-11-13-24-17-9-7-16(8-10-17)20(2,3)4/h5-10,12,15,22H,11,13-14H2,1-4H3,(H,21,23)/p+1/t15-/m1/s1. The smallest absolute Gasteiger partial charge is 0.275 e. The fourth-order valence-electron chi connectivity index (χ4n) is 2.43. The normalized spacial score (nSPS) is 12.6.